The van der Waals surface area contributed by atoms with E-state index in [0.717, 1.165) is 25.0 Å². The summed E-state index contributed by atoms with van der Waals surface area (Å²) in [7, 11) is 0. The standard InChI is InChI=1S/C44H45N2S/c1-8-17-32-24-25-35-34-20-13-16-23-40(34)47-43(35)41(32)44-45(30(7)9-2)38-21-14-15-22-39(38)46(44)42-36(28(3)4)26-33(27-37(42)29(5)6)31-18-11-10-12-19-31/h10-16,18-29H,7-9,17H2,1-6H3/q+1. The van der Waals surface area contributed by atoms with Gasteiger partial charge in [0.2, 0.25) is 0 Å². The maximum absolute atomic E-state index is 4.71. The van der Waals surface area contributed by atoms with Crippen molar-refractivity contribution in [2.24, 2.45) is 0 Å². The van der Waals surface area contributed by atoms with Crippen LogP contribution in [0.2, 0.25) is 0 Å². The average Bonchev–Trinajstić information content (AvgIpc) is 3.63. The number of hydrogen-bond donors (Lipinski definition) is 0. The van der Waals surface area contributed by atoms with Crippen LogP contribution in [0, 0.1) is 0 Å². The molecular weight excluding hydrogens is 589 g/mol. The van der Waals surface area contributed by atoms with E-state index in [4.69, 9.17) is 6.58 Å². The fraction of sp³-hybridized carbons (Fsp3) is 0.250. The lowest BCUT2D eigenvalue weighted by atomic mass is 9.88. The van der Waals surface area contributed by atoms with Crippen LogP contribution >= 0.6 is 11.3 Å². The molecule has 47 heavy (non-hydrogen) atoms. The van der Waals surface area contributed by atoms with Crippen LogP contribution in [-0.2, 0) is 6.42 Å². The van der Waals surface area contributed by atoms with E-state index in [-0.39, 0.29) is 0 Å². The summed E-state index contributed by atoms with van der Waals surface area (Å²) in [5, 5.41) is 2.66. The highest BCUT2D eigenvalue weighted by molar-refractivity contribution is 7.26. The molecule has 5 aromatic carbocycles. The molecule has 0 fully saturated rings. The van der Waals surface area contributed by atoms with Gasteiger partial charge in [-0.05, 0) is 65.3 Å². The van der Waals surface area contributed by atoms with E-state index in [9.17, 15) is 0 Å². The predicted molar refractivity (Wildman–Crippen MR) is 205 cm³/mol. The Hall–Kier alpha value is -4.47. The van der Waals surface area contributed by atoms with Gasteiger partial charge in [0.1, 0.15) is 11.4 Å². The third-order valence-electron chi connectivity index (χ3n) is 9.63. The van der Waals surface area contributed by atoms with Crippen molar-refractivity contribution in [2.45, 2.75) is 72.6 Å². The highest BCUT2D eigenvalue weighted by Gasteiger charge is 2.35. The third-order valence-corrected chi connectivity index (χ3v) is 10.8. The number of para-hydroxylation sites is 2. The van der Waals surface area contributed by atoms with Crippen molar-refractivity contribution in [2.75, 3.05) is 0 Å². The number of aryl methyl sites for hydroxylation is 1. The van der Waals surface area contributed by atoms with Gasteiger partial charge in [0.15, 0.2) is 11.0 Å². The van der Waals surface area contributed by atoms with E-state index >= 15 is 0 Å². The van der Waals surface area contributed by atoms with Crippen molar-refractivity contribution in [3.8, 4) is 28.2 Å². The van der Waals surface area contributed by atoms with Crippen molar-refractivity contribution >= 4 is 48.2 Å². The lowest BCUT2D eigenvalue weighted by Gasteiger charge is -2.21. The molecule has 0 aliphatic heterocycles. The van der Waals surface area contributed by atoms with Crippen LogP contribution in [0.5, 0.6) is 0 Å². The maximum atomic E-state index is 4.71. The number of aromatic nitrogens is 2. The van der Waals surface area contributed by atoms with Crippen LogP contribution in [0.1, 0.15) is 82.9 Å². The van der Waals surface area contributed by atoms with Crippen LogP contribution in [0.3, 0.4) is 0 Å². The smallest absolute Gasteiger partial charge is 0.192 e. The summed E-state index contributed by atoms with van der Waals surface area (Å²) in [6, 6.07) is 38.4. The summed E-state index contributed by atoms with van der Waals surface area (Å²) in [4.78, 5) is 0. The number of fused-ring (bicyclic) bond motifs is 4. The van der Waals surface area contributed by atoms with Gasteiger partial charge in [0.25, 0.3) is 0 Å². The number of allylic oxidation sites excluding steroid dienone is 1. The molecule has 3 heteroatoms. The molecule has 0 aliphatic carbocycles. The van der Waals surface area contributed by atoms with Crippen LogP contribution in [0.25, 0.3) is 65.1 Å². The maximum Gasteiger partial charge on any atom is 0.301 e. The van der Waals surface area contributed by atoms with E-state index in [0.29, 0.717) is 11.8 Å². The SMILES string of the molecule is C=C(CC)n1c(-c2c(CCC)ccc3c2sc2ccccc23)[n+](-c2c(C(C)C)cc(-c3ccccc3)cc2C(C)C)c2ccccc21. The molecule has 0 aliphatic rings. The van der Waals surface area contributed by atoms with E-state index < -0.39 is 0 Å². The topological polar surface area (TPSA) is 8.81 Å². The van der Waals surface area contributed by atoms with E-state index in [1.165, 1.54) is 76.1 Å². The van der Waals surface area contributed by atoms with Crippen LogP contribution in [0.4, 0.5) is 0 Å². The minimum Gasteiger partial charge on any atom is -0.192 e. The van der Waals surface area contributed by atoms with Gasteiger partial charge in [-0.15, -0.1) is 11.3 Å². The summed E-state index contributed by atoms with van der Waals surface area (Å²) in [5.41, 5.74) is 12.8. The zero-order valence-electron chi connectivity index (χ0n) is 28.6. The first-order chi connectivity index (χ1) is 22.8. The van der Waals surface area contributed by atoms with Crippen LogP contribution < -0.4 is 4.57 Å². The summed E-state index contributed by atoms with van der Waals surface area (Å²) in [6.07, 6.45) is 2.96. The van der Waals surface area contributed by atoms with Crippen molar-refractivity contribution in [3.05, 3.63) is 126 Å². The van der Waals surface area contributed by atoms with E-state index in [2.05, 4.69) is 154 Å². The van der Waals surface area contributed by atoms with Gasteiger partial charge in [0, 0.05) is 33.0 Å². The van der Waals surface area contributed by atoms with Crippen molar-refractivity contribution in [1.29, 1.82) is 0 Å². The molecule has 7 aromatic rings. The molecule has 7 rings (SSSR count). The third kappa shape index (κ3) is 5.22. The quantitative estimate of drug-likeness (QED) is 0.140. The minimum absolute atomic E-state index is 0.318. The number of nitrogens with zero attached hydrogens (tertiary/aromatic N) is 2. The number of imidazole rings is 1. The molecule has 0 radical (unpaired) electrons. The number of thiophene rings is 1. The largest absolute Gasteiger partial charge is 0.301 e. The highest BCUT2D eigenvalue weighted by Crippen LogP contribution is 2.44. The molecule has 2 nitrogen and oxygen atoms in total. The monoisotopic (exact) mass is 633 g/mol. The molecule has 2 aromatic heterocycles. The summed E-state index contributed by atoms with van der Waals surface area (Å²) in [5.74, 6) is 1.85. The Kier molecular flexibility index (Phi) is 8.36. The first-order valence-electron chi connectivity index (χ1n) is 17.2. The molecule has 0 unspecified atom stereocenters. The molecule has 0 N–H and O–H groups in total. The average molecular weight is 634 g/mol. The fourth-order valence-electron chi connectivity index (χ4n) is 7.27. The van der Waals surface area contributed by atoms with Crippen LogP contribution in [-0.4, -0.2) is 4.57 Å². The lowest BCUT2D eigenvalue weighted by molar-refractivity contribution is -0.556. The Morgan fingerprint density at radius 2 is 1.40 bits per heavy atom. The number of hydrogen-bond acceptors (Lipinski definition) is 1. The first kappa shape index (κ1) is 31.1. The van der Waals surface area contributed by atoms with Gasteiger partial charge >= 0.3 is 5.82 Å². The molecule has 2 heterocycles. The molecule has 0 bridgehead atoms. The van der Waals surface area contributed by atoms with Gasteiger partial charge in [0.05, 0.1) is 10.3 Å². The molecule has 0 saturated heterocycles. The molecular formula is C44H45N2S+. The second-order valence-corrected chi connectivity index (χ2v) is 14.5. The van der Waals surface area contributed by atoms with Gasteiger partial charge < -0.3 is 0 Å². The Morgan fingerprint density at radius 1 is 0.745 bits per heavy atom. The Morgan fingerprint density at radius 3 is 2.09 bits per heavy atom. The Bertz CT molecular complexity index is 2230. The van der Waals surface area contributed by atoms with Crippen molar-refractivity contribution in [1.82, 2.24) is 4.57 Å². The Labute approximate surface area is 283 Å². The molecule has 0 spiro atoms. The van der Waals surface area contributed by atoms with Gasteiger partial charge in [-0.3, -0.25) is 0 Å². The second-order valence-electron chi connectivity index (χ2n) is 13.4. The minimum atomic E-state index is 0.318. The summed E-state index contributed by atoms with van der Waals surface area (Å²) >= 11 is 1.93. The lowest BCUT2D eigenvalue weighted by Crippen LogP contribution is -2.36. The van der Waals surface area contributed by atoms with E-state index in [1.54, 1.807) is 0 Å². The van der Waals surface area contributed by atoms with Crippen molar-refractivity contribution in [3.63, 3.8) is 0 Å². The Balaban J connectivity index is 1.71. The molecule has 0 amide bonds. The van der Waals surface area contributed by atoms with Crippen LogP contribution in [0.15, 0.2) is 110 Å². The van der Waals surface area contributed by atoms with Gasteiger partial charge in [-0.2, -0.15) is 9.13 Å². The predicted octanol–water partition coefficient (Wildman–Crippen LogP) is 12.7. The fourth-order valence-corrected chi connectivity index (χ4v) is 8.53. The zero-order valence-corrected chi connectivity index (χ0v) is 29.4. The number of rotatable bonds is 9. The van der Waals surface area contributed by atoms with Gasteiger partial charge in [-0.25, -0.2) is 0 Å². The number of benzene rings is 5. The van der Waals surface area contributed by atoms with Gasteiger partial charge in [-0.1, -0.05) is 127 Å². The second kappa shape index (κ2) is 12.6. The molecule has 0 saturated carbocycles. The normalized spacial score (nSPS) is 11.9. The molecule has 236 valence electrons. The first-order valence-corrected chi connectivity index (χ1v) is 18.1. The highest BCUT2D eigenvalue weighted by atomic mass is 32.1. The summed E-state index contributed by atoms with van der Waals surface area (Å²) < 4.78 is 7.79. The van der Waals surface area contributed by atoms with E-state index in [1.807, 2.05) is 11.3 Å². The zero-order chi connectivity index (χ0) is 32.8. The molecule has 0 atom stereocenters. The summed E-state index contributed by atoms with van der Waals surface area (Å²) in [6.45, 7) is 18.6. The van der Waals surface area contributed by atoms with Crippen molar-refractivity contribution < 1.29 is 4.57 Å².